The van der Waals surface area contributed by atoms with E-state index in [2.05, 4.69) is 34.0 Å². The molecule has 0 saturated heterocycles. The van der Waals surface area contributed by atoms with E-state index in [0.29, 0.717) is 22.6 Å². The van der Waals surface area contributed by atoms with Gasteiger partial charge >= 0.3 is 0 Å². The molecule has 0 fully saturated rings. The average Bonchev–Trinajstić information content (AvgIpc) is 2.23. The summed E-state index contributed by atoms with van der Waals surface area (Å²) in [5.74, 6) is 1.85. The first-order chi connectivity index (χ1) is 8.40. The van der Waals surface area contributed by atoms with Crippen LogP contribution in [0.1, 0.15) is 19.7 Å². The fraction of sp³-hybridized carbons (Fsp3) is 0.667. The number of nitrogens with zero attached hydrogens (tertiary/aromatic N) is 3. The van der Waals surface area contributed by atoms with Crippen LogP contribution in [0.25, 0.3) is 0 Å². The lowest BCUT2D eigenvalue weighted by molar-refractivity contribution is 0.425. The Morgan fingerprint density at radius 3 is 2.56 bits per heavy atom. The number of nitrogens with two attached hydrogens (primary N) is 1. The van der Waals surface area contributed by atoms with E-state index in [9.17, 15) is 0 Å². The molecular weight excluding hydrogens is 250 g/mol. The standard InChI is InChI=1S/C12H22ClN5/c1-8(2)7-9-16-11(13)10(14)12(17-9)15-5-6-18(3)4/h8H,5-7,14H2,1-4H3,(H,15,16,17). The van der Waals surface area contributed by atoms with Gasteiger partial charge in [-0.15, -0.1) is 0 Å². The number of hydrogen-bond donors (Lipinski definition) is 2. The van der Waals surface area contributed by atoms with Crippen LogP contribution in [0, 0.1) is 5.92 Å². The fourth-order valence-corrected chi connectivity index (χ4v) is 1.66. The molecule has 1 heterocycles. The quantitative estimate of drug-likeness (QED) is 0.774. The highest BCUT2D eigenvalue weighted by molar-refractivity contribution is 6.32. The SMILES string of the molecule is CC(C)Cc1nc(Cl)c(N)c(NCCN(C)C)n1. The van der Waals surface area contributed by atoms with Crippen molar-refractivity contribution >= 4 is 23.1 Å². The van der Waals surface area contributed by atoms with Crippen molar-refractivity contribution in [3.05, 3.63) is 11.0 Å². The largest absolute Gasteiger partial charge is 0.393 e. The van der Waals surface area contributed by atoms with E-state index in [0.717, 1.165) is 25.3 Å². The highest BCUT2D eigenvalue weighted by Gasteiger charge is 2.11. The summed E-state index contributed by atoms with van der Waals surface area (Å²) in [6, 6.07) is 0. The number of hydrogen-bond acceptors (Lipinski definition) is 5. The second kappa shape index (κ2) is 6.75. The van der Waals surface area contributed by atoms with E-state index in [1.165, 1.54) is 0 Å². The lowest BCUT2D eigenvalue weighted by atomic mass is 10.1. The number of nitrogens with one attached hydrogen (secondary N) is 1. The maximum Gasteiger partial charge on any atom is 0.157 e. The number of rotatable bonds is 6. The number of anilines is 2. The van der Waals surface area contributed by atoms with Crippen LogP contribution >= 0.6 is 11.6 Å². The Hall–Kier alpha value is -1.07. The van der Waals surface area contributed by atoms with E-state index < -0.39 is 0 Å². The summed E-state index contributed by atoms with van der Waals surface area (Å²) in [4.78, 5) is 10.7. The van der Waals surface area contributed by atoms with Crippen LogP contribution in [0.3, 0.4) is 0 Å². The van der Waals surface area contributed by atoms with E-state index in [1.54, 1.807) is 0 Å². The molecule has 0 aromatic carbocycles. The van der Waals surface area contributed by atoms with Crippen molar-refractivity contribution in [1.82, 2.24) is 14.9 Å². The minimum Gasteiger partial charge on any atom is -0.393 e. The van der Waals surface area contributed by atoms with Crippen LogP contribution in [0.5, 0.6) is 0 Å². The third kappa shape index (κ3) is 4.66. The molecule has 0 spiro atoms. The van der Waals surface area contributed by atoms with Crippen molar-refractivity contribution in [2.24, 2.45) is 5.92 Å². The highest BCUT2D eigenvalue weighted by Crippen LogP contribution is 2.24. The Balaban J connectivity index is 2.78. The summed E-state index contributed by atoms with van der Waals surface area (Å²) in [7, 11) is 4.03. The maximum atomic E-state index is 6.02. The molecule has 102 valence electrons. The second-order valence-corrected chi connectivity index (χ2v) is 5.38. The zero-order valence-corrected chi connectivity index (χ0v) is 12.3. The lowest BCUT2D eigenvalue weighted by Gasteiger charge is -2.14. The molecule has 3 N–H and O–H groups in total. The Morgan fingerprint density at radius 1 is 1.33 bits per heavy atom. The predicted octanol–water partition coefficient (Wildman–Crippen LogP) is 1.88. The molecule has 0 amide bonds. The van der Waals surface area contributed by atoms with Gasteiger partial charge in [0.2, 0.25) is 0 Å². The van der Waals surface area contributed by atoms with Crippen molar-refractivity contribution in [2.75, 3.05) is 38.2 Å². The summed E-state index contributed by atoms with van der Waals surface area (Å²) >= 11 is 6.02. The third-order valence-electron chi connectivity index (χ3n) is 2.39. The van der Waals surface area contributed by atoms with Gasteiger partial charge in [0.15, 0.2) is 11.0 Å². The van der Waals surface area contributed by atoms with Crippen LogP contribution in [-0.2, 0) is 6.42 Å². The van der Waals surface area contributed by atoms with E-state index >= 15 is 0 Å². The summed E-state index contributed by atoms with van der Waals surface area (Å²) in [6.45, 7) is 5.91. The van der Waals surface area contributed by atoms with Crippen LogP contribution in [0.15, 0.2) is 0 Å². The maximum absolute atomic E-state index is 6.02. The van der Waals surface area contributed by atoms with Gasteiger partial charge in [-0.1, -0.05) is 25.4 Å². The van der Waals surface area contributed by atoms with Crippen molar-refractivity contribution in [3.8, 4) is 0 Å². The van der Waals surface area contributed by atoms with Gasteiger partial charge in [0.1, 0.15) is 11.5 Å². The topological polar surface area (TPSA) is 67.1 Å². The van der Waals surface area contributed by atoms with Gasteiger partial charge < -0.3 is 16.0 Å². The number of nitrogen functional groups attached to an aromatic ring is 1. The molecule has 5 nitrogen and oxygen atoms in total. The first-order valence-corrected chi connectivity index (χ1v) is 6.48. The van der Waals surface area contributed by atoms with Crippen LogP contribution < -0.4 is 11.1 Å². The number of likely N-dealkylation sites (N-methyl/N-ethyl adjacent to an activating group) is 1. The molecule has 1 rings (SSSR count). The molecule has 0 unspecified atom stereocenters. The first-order valence-electron chi connectivity index (χ1n) is 6.10. The van der Waals surface area contributed by atoms with Crippen LogP contribution in [0.2, 0.25) is 5.15 Å². The minimum absolute atomic E-state index is 0.327. The van der Waals surface area contributed by atoms with Crippen LogP contribution in [0.4, 0.5) is 11.5 Å². The molecule has 0 radical (unpaired) electrons. The second-order valence-electron chi connectivity index (χ2n) is 5.02. The molecule has 0 bridgehead atoms. The molecule has 6 heteroatoms. The third-order valence-corrected chi connectivity index (χ3v) is 2.68. The average molecular weight is 272 g/mol. The van der Waals surface area contributed by atoms with Crippen LogP contribution in [-0.4, -0.2) is 42.1 Å². The van der Waals surface area contributed by atoms with Gasteiger partial charge in [-0.25, -0.2) is 9.97 Å². The molecule has 0 aliphatic rings. The van der Waals surface area contributed by atoms with Gasteiger partial charge in [-0.2, -0.15) is 0 Å². The zero-order chi connectivity index (χ0) is 13.7. The van der Waals surface area contributed by atoms with Gasteiger partial charge in [-0.05, 0) is 20.0 Å². The van der Waals surface area contributed by atoms with Crippen molar-refractivity contribution in [3.63, 3.8) is 0 Å². The predicted molar refractivity (Wildman–Crippen MR) is 77.0 cm³/mol. The molecular formula is C12H22ClN5. The zero-order valence-electron chi connectivity index (χ0n) is 11.5. The van der Waals surface area contributed by atoms with E-state index in [4.69, 9.17) is 17.3 Å². The van der Waals surface area contributed by atoms with Gasteiger partial charge in [0.25, 0.3) is 0 Å². The van der Waals surface area contributed by atoms with E-state index in [1.807, 2.05) is 14.1 Å². The lowest BCUT2D eigenvalue weighted by Crippen LogP contribution is -2.22. The Morgan fingerprint density at radius 2 is 2.00 bits per heavy atom. The first kappa shape index (κ1) is 15.0. The smallest absolute Gasteiger partial charge is 0.157 e. The molecule has 0 aliphatic heterocycles. The highest BCUT2D eigenvalue weighted by atomic mass is 35.5. The molecule has 0 aliphatic carbocycles. The molecule has 0 saturated carbocycles. The molecule has 1 aromatic heterocycles. The molecule has 18 heavy (non-hydrogen) atoms. The van der Waals surface area contributed by atoms with E-state index in [-0.39, 0.29) is 0 Å². The summed E-state index contributed by atoms with van der Waals surface area (Å²) in [5.41, 5.74) is 6.29. The van der Waals surface area contributed by atoms with Gasteiger partial charge in [0, 0.05) is 19.5 Å². The number of aromatic nitrogens is 2. The normalized spacial score (nSPS) is 11.3. The Kier molecular flexibility index (Phi) is 5.62. The summed E-state index contributed by atoms with van der Waals surface area (Å²) in [5, 5.41) is 3.52. The van der Waals surface area contributed by atoms with Gasteiger partial charge in [-0.3, -0.25) is 0 Å². The Bertz CT molecular complexity index is 392. The van der Waals surface area contributed by atoms with Crippen molar-refractivity contribution in [1.29, 1.82) is 0 Å². The summed E-state index contributed by atoms with van der Waals surface area (Å²) in [6.07, 6.45) is 0.794. The monoisotopic (exact) mass is 271 g/mol. The molecule has 1 aromatic rings. The molecule has 0 atom stereocenters. The van der Waals surface area contributed by atoms with Crippen molar-refractivity contribution < 1.29 is 0 Å². The number of halogens is 1. The van der Waals surface area contributed by atoms with Gasteiger partial charge in [0.05, 0.1) is 0 Å². The minimum atomic E-state index is 0.327. The fourth-order valence-electron chi connectivity index (χ4n) is 1.47. The Labute approximate surface area is 114 Å². The summed E-state index contributed by atoms with van der Waals surface area (Å²) < 4.78 is 0. The van der Waals surface area contributed by atoms with Crippen molar-refractivity contribution in [2.45, 2.75) is 20.3 Å².